The molecule has 0 bridgehead atoms. The highest BCUT2D eigenvalue weighted by Gasteiger charge is 2.36. The van der Waals surface area contributed by atoms with E-state index in [9.17, 15) is 4.79 Å². The number of rotatable bonds is 4. The summed E-state index contributed by atoms with van der Waals surface area (Å²) in [6.45, 7) is 4.67. The molecule has 0 aromatic carbocycles. The monoisotopic (exact) mass is 225 g/mol. The van der Waals surface area contributed by atoms with Crippen LogP contribution in [0.5, 0.6) is 0 Å². The van der Waals surface area contributed by atoms with Crippen molar-refractivity contribution < 1.29 is 9.90 Å². The van der Waals surface area contributed by atoms with Crippen molar-refractivity contribution in [1.29, 1.82) is 0 Å². The molecule has 1 aliphatic carbocycles. The van der Waals surface area contributed by atoms with Gasteiger partial charge in [-0.1, -0.05) is 19.8 Å². The van der Waals surface area contributed by atoms with Crippen LogP contribution in [0.4, 0.5) is 0 Å². The van der Waals surface area contributed by atoms with Crippen LogP contribution in [-0.2, 0) is 4.79 Å². The minimum atomic E-state index is -0.588. The van der Waals surface area contributed by atoms with Gasteiger partial charge in [0.1, 0.15) is 0 Å². The van der Waals surface area contributed by atoms with E-state index in [1.54, 1.807) is 0 Å². The molecule has 3 nitrogen and oxygen atoms in total. The Balaban J connectivity index is 1.76. The molecule has 0 amide bonds. The van der Waals surface area contributed by atoms with Gasteiger partial charge in [-0.15, -0.1) is 0 Å². The molecule has 2 fully saturated rings. The summed E-state index contributed by atoms with van der Waals surface area (Å²) in [5.41, 5.74) is 0. The van der Waals surface area contributed by atoms with Crippen molar-refractivity contribution in [1.82, 2.24) is 4.90 Å². The molecule has 0 aromatic rings. The van der Waals surface area contributed by atoms with Crippen molar-refractivity contribution in [2.75, 3.05) is 13.1 Å². The van der Waals surface area contributed by atoms with E-state index in [1.807, 2.05) is 0 Å². The Morgan fingerprint density at radius 3 is 2.75 bits per heavy atom. The fraction of sp³-hybridized carbons (Fsp3) is 0.923. The molecule has 1 saturated carbocycles. The van der Waals surface area contributed by atoms with Gasteiger partial charge in [-0.05, 0) is 31.6 Å². The summed E-state index contributed by atoms with van der Waals surface area (Å²) in [5, 5.41) is 9.05. The van der Waals surface area contributed by atoms with Gasteiger partial charge >= 0.3 is 5.97 Å². The molecule has 2 unspecified atom stereocenters. The number of carboxylic acid groups (broad SMARTS) is 1. The maximum atomic E-state index is 11.0. The predicted octanol–water partition coefficient (Wildman–Crippen LogP) is 2.36. The van der Waals surface area contributed by atoms with Gasteiger partial charge in [0.2, 0.25) is 0 Å². The smallest absolute Gasteiger partial charge is 0.306 e. The zero-order valence-electron chi connectivity index (χ0n) is 10.2. The lowest BCUT2D eigenvalue weighted by atomic mass is 9.82. The second kappa shape index (κ2) is 5.17. The van der Waals surface area contributed by atoms with Crippen LogP contribution >= 0.6 is 0 Å². The van der Waals surface area contributed by atoms with Crippen LogP contribution in [0.2, 0.25) is 0 Å². The average Bonchev–Trinajstić information content (AvgIpc) is 2.23. The Bertz CT molecular complexity index is 248. The van der Waals surface area contributed by atoms with Crippen LogP contribution in [0.1, 0.15) is 45.4 Å². The second-order valence-electron chi connectivity index (χ2n) is 5.46. The van der Waals surface area contributed by atoms with Crippen molar-refractivity contribution in [2.45, 2.75) is 51.5 Å². The first kappa shape index (κ1) is 11.9. The molecule has 3 heteroatoms. The summed E-state index contributed by atoms with van der Waals surface area (Å²) < 4.78 is 0. The molecule has 1 heterocycles. The minimum Gasteiger partial charge on any atom is -0.481 e. The first-order chi connectivity index (χ1) is 7.70. The average molecular weight is 225 g/mol. The molecule has 2 aliphatic rings. The number of hydrogen-bond acceptors (Lipinski definition) is 2. The van der Waals surface area contributed by atoms with E-state index in [2.05, 4.69) is 11.8 Å². The van der Waals surface area contributed by atoms with Crippen LogP contribution in [0.15, 0.2) is 0 Å². The summed E-state index contributed by atoms with van der Waals surface area (Å²) in [5.74, 6) is 0.217. The summed E-state index contributed by atoms with van der Waals surface area (Å²) in [6.07, 6.45) is 6.69. The first-order valence-electron chi connectivity index (χ1n) is 6.67. The Morgan fingerprint density at radius 1 is 1.38 bits per heavy atom. The Kier molecular flexibility index (Phi) is 3.85. The lowest BCUT2D eigenvalue weighted by Gasteiger charge is -2.46. The molecule has 2 atom stereocenters. The number of carbonyl (C=O) groups is 1. The van der Waals surface area contributed by atoms with Gasteiger partial charge in [0.25, 0.3) is 0 Å². The number of hydrogen-bond donors (Lipinski definition) is 1. The quantitative estimate of drug-likeness (QED) is 0.798. The van der Waals surface area contributed by atoms with Crippen LogP contribution in [0.3, 0.4) is 0 Å². The molecular formula is C13H23NO2. The SMILES string of the molecule is CCCC1CN(C2CCCC(C(=O)O)C2)C1. The van der Waals surface area contributed by atoms with Crippen molar-refractivity contribution >= 4 is 5.97 Å². The van der Waals surface area contributed by atoms with Gasteiger partial charge in [0.15, 0.2) is 0 Å². The third kappa shape index (κ3) is 2.57. The summed E-state index contributed by atoms with van der Waals surface area (Å²) in [7, 11) is 0. The third-order valence-corrected chi connectivity index (χ3v) is 4.19. The number of aliphatic carboxylic acids is 1. The fourth-order valence-corrected chi connectivity index (χ4v) is 3.22. The van der Waals surface area contributed by atoms with Gasteiger partial charge < -0.3 is 5.11 Å². The first-order valence-corrected chi connectivity index (χ1v) is 6.67. The lowest BCUT2D eigenvalue weighted by Crippen LogP contribution is -2.53. The van der Waals surface area contributed by atoms with Crippen molar-refractivity contribution in [2.24, 2.45) is 11.8 Å². The topological polar surface area (TPSA) is 40.5 Å². The van der Waals surface area contributed by atoms with Crippen molar-refractivity contribution in [3.8, 4) is 0 Å². The van der Waals surface area contributed by atoms with Crippen LogP contribution < -0.4 is 0 Å². The Morgan fingerprint density at radius 2 is 2.12 bits per heavy atom. The largest absolute Gasteiger partial charge is 0.481 e. The molecule has 92 valence electrons. The molecule has 2 rings (SSSR count). The standard InChI is InChI=1S/C13H23NO2/c1-2-4-10-8-14(9-10)12-6-3-5-11(7-12)13(15)16/h10-12H,2-9H2,1H3,(H,15,16). The second-order valence-corrected chi connectivity index (χ2v) is 5.46. The van der Waals surface area contributed by atoms with Crippen molar-refractivity contribution in [3.63, 3.8) is 0 Å². The molecule has 0 radical (unpaired) electrons. The summed E-state index contributed by atoms with van der Waals surface area (Å²) in [6, 6.07) is 0.558. The van der Waals surface area contributed by atoms with E-state index in [-0.39, 0.29) is 5.92 Å². The highest BCUT2D eigenvalue weighted by molar-refractivity contribution is 5.70. The molecule has 1 N–H and O–H groups in total. The van der Waals surface area contributed by atoms with E-state index in [4.69, 9.17) is 5.11 Å². The summed E-state index contributed by atoms with van der Waals surface area (Å²) >= 11 is 0. The van der Waals surface area contributed by atoms with E-state index in [1.165, 1.54) is 32.4 Å². The number of nitrogens with zero attached hydrogens (tertiary/aromatic N) is 1. The Labute approximate surface area is 97.8 Å². The summed E-state index contributed by atoms with van der Waals surface area (Å²) in [4.78, 5) is 13.5. The van der Waals surface area contributed by atoms with E-state index in [0.29, 0.717) is 6.04 Å². The maximum absolute atomic E-state index is 11.0. The van der Waals surface area contributed by atoms with Gasteiger partial charge in [0.05, 0.1) is 5.92 Å². The zero-order valence-corrected chi connectivity index (χ0v) is 10.2. The van der Waals surface area contributed by atoms with E-state index in [0.717, 1.165) is 25.2 Å². The lowest BCUT2D eigenvalue weighted by molar-refractivity contribution is -0.144. The highest BCUT2D eigenvalue weighted by Crippen LogP contribution is 2.33. The minimum absolute atomic E-state index is 0.0797. The van der Waals surface area contributed by atoms with E-state index >= 15 is 0 Å². The normalized spacial score (nSPS) is 32.3. The fourth-order valence-electron chi connectivity index (χ4n) is 3.22. The van der Waals surface area contributed by atoms with Gasteiger partial charge in [-0.3, -0.25) is 9.69 Å². The molecule has 1 aliphatic heterocycles. The van der Waals surface area contributed by atoms with Gasteiger partial charge in [-0.2, -0.15) is 0 Å². The molecule has 16 heavy (non-hydrogen) atoms. The van der Waals surface area contributed by atoms with Crippen LogP contribution in [0.25, 0.3) is 0 Å². The zero-order chi connectivity index (χ0) is 11.5. The van der Waals surface area contributed by atoms with E-state index < -0.39 is 5.97 Å². The molecular weight excluding hydrogens is 202 g/mol. The Hall–Kier alpha value is -0.570. The number of likely N-dealkylation sites (tertiary alicyclic amines) is 1. The third-order valence-electron chi connectivity index (χ3n) is 4.19. The molecule has 0 aromatic heterocycles. The highest BCUT2D eigenvalue weighted by atomic mass is 16.4. The number of carboxylic acids is 1. The molecule has 1 saturated heterocycles. The van der Waals surface area contributed by atoms with Crippen molar-refractivity contribution in [3.05, 3.63) is 0 Å². The predicted molar refractivity (Wildman–Crippen MR) is 63.4 cm³/mol. The van der Waals surface area contributed by atoms with Gasteiger partial charge in [0, 0.05) is 19.1 Å². The van der Waals surface area contributed by atoms with Gasteiger partial charge in [-0.25, -0.2) is 0 Å². The van der Waals surface area contributed by atoms with Crippen LogP contribution in [-0.4, -0.2) is 35.1 Å². The molecule has 0 spiro atoms. The maximum Gasteiger partial charge on any atom is 0.306 e. The van der Waals surface area contributed by atoms with Crippen LogP contribution in [0, 0.1) is 11.8 Å².